The molecule has 1 unspecified atom stereocenters. The van der Waals surface area contributed by atoms with E-state index in [0.717, 1.165) is 22.3 Å². The zero-order valence-corrected chi connectivity index (χ0v) is 20.9. The number of aromatic hydroxyl groups is 1. The van der Waals surface area contributed by atoms with Crippen LogP contribution in [-0.2, 0) is 4.79 Å². The van der Waals surface area contributed by atoms with Crippen LogP contribution in [0.3, 0.4) is 0 Å². The lowest BCUT2D eigenvalue weighted by Gasteiger charge is -2.16. The smallest absolute Gasteiger partial charge is 0.343 e. The number of rotatable bonds is 9. The molecule has 0 aliphatic carbocycles. The Morgan fingerprint density at radius 1 is 0.917 bits per heavy atom. The average Bonchev–Trinajstić information content (AvgIpc) is 2.88. The second-order valence-corrected chi connectivity index (χ2v) is 8.53. The first-order chi connectivity index (χ1) is 17.2. The predicted molar refractivity (Wildman–Crippen MR) is 142 cm³/mol. The number of phenols is 1. The number of benzene rings is 3. The van der Waals surface area contributed by atoms with Crippen molar-refractivity contribution in [3.8, 4) is 17.2 Å². The minimum absolute atomic E-state index is 0.119. The highest BCUT2D eigenvalue weighted by Gasteiger charge is 2.14. The number of aldehydes is 1. The maximum absolute atomic E-state index is 12.7. The van der Waals surface area contributed by atoms with Crippen molar-refractivity contribution in [1.29, 1.82) is 0 Å². The summed E-state index contributed by atoms with van der Waals surface area (Å²) in [6, 6.07) is 18.0. The Balaban J connectivity index is 1.67. The molecular formula is C31H30O5. The van der Waals surface area contributed by atoms with E-state index in [1.165, 1.54) is 0 Å². The van der Waals surface area contributed by atoms with Gasteiger partial charge in [-0.05, 0) is 97.7 Å². The fourth-order valence-electron chi connectivity index (χ4n) is 3.57. The summed E-state index contributed by atoms with van der Waals surface area (Å²) < 4.78 is 11.4. The molecule has 1 atom stereocenters. The van der Waals surface area contributed by atoms with Crippen LogP contribution in [-0.4, -0.2) is 17.4 Å². The summed E-state index contributed by atoms with van der Waals surface area (Å²) in [5.41, 5.74) is 4.60. The van der Waals surface area contributed by atoms with Gasteiger partial charge in [-0.1, -0.05) is 37.8 Å². The van der Waals surface area contributed by atoms with Gasteiger partial charge in [0, 0.05) is 11.5 Å². The van der Waals surface area contributed by atoms with E-state index in [0.29, 0.717) is 34.7 Å². The van der Waals surface area contributed by atoms with Gasteiger partial charge in [0.1, 0.15) is 29.3 Å². The molecule has 3 aromatic carbocycles. The van der Waals surface area contributed by atoms with Gasteiger partial charge in [-0.3, -0.25) is 4.79 Å². The quantitative estimate of drug-likeness (QED) is 0.0890. The molecule has 0 radical (unpaired) electrons. The fraction of sp³-hybridized carbons (Fsp3) is 0.161. The van der Waals surface area contributed by atoms with Crippen LogP contribution in [0.15, 0.2) is 96.8 Å². The van der Waals surface area contributed by atoms with E-state index in [4.69, 9.17) is 9.47 Å². The highest BCUT2D eigenvalue weighted by molar-refractivity contribution is 5.91. The molecule has 0 heterocycles. The van der Waals surface area contributed by atoms with Crippen molar-refractivity contribution >= 4 is 12.3 Å². The molecular weight excluding hydrogens is 452 g/mol. The highest BCUT2D eigenvalue weighted by atomic mass is 16.5. The molecule has 0 aromatic heterocycles. The largest absolute Gasteiger partial charge is 0.508 e. The molecule has 0 aliphatic heterocycles. The molecule has 0 amide bonds. The molecule has 0 bridgehead atoms. The lowest BCUT2D eigenvalue weighted by molar-refractivity contribution is -0.104. The maximum Gasteiger partial charge on any atom is 0.343 e. The number of carbonyl (C=O) groups is 2. The van der Waals surface area contributed by atoms with E-state index < -0.39 is 5.97 Å². The summed E-state index contributed by atoms with van der Waals surface area (Å²) in [5.74, 6) is 1.52. The van der Waals surface area contributed by atoms with Gasteiger partial charge in [-0.2, -0.15) is 0 Å². The third kappa shape index (κ3) is 6.60. The SMILES string of the molecule is C=C(C=O)/C=C\C(=C/C)Oc1ccc(C(=O)Oc2ccc(C(C)c3ccc(O)c(C)c3)cc2C)cc1. The molecule has 36 heavy (non-hydrogen) atoms. The Hall–Kier alpha value is -4.38. The first-order valence-electron chi connectivity index (χ1n) is 11.6. The van der Waals surface area contributed by atoms with Crippen LogP contribution in [0.1, 0.15) is 52.4 Å². The standard InChI is InChI=1S/C31H30O5/c1-6-27(12-7-20(2)19-32)35-28-13-8-24(9-14-28)31(34)36-30-16-11-26(18-22(30)4)23(5)25-10-15-29(33)21(3)17-25/h6-19,23,33H,2H2,1,3-5H3/b12-7-,27-6+. The minimum Gasteiger partial charge on any atom is -0.508 e. The molecule has 3 aromatic rings. The number of hydrogen-bond donors (Lipinski definition) is 1. The molecule has 0 saturated heterocycles. The number of esters is 1. The molecule has 184 valence electrons. The van der Waals surface area contributed by atoms with E-state index in [2.05, 4.69) is 13.5 Å². The van der Waals surface area contributed by atoms with Crippen LogP contribution < -0.4 is 9.47 Å². The van der Waals surface area contributed by atoms with Crippen LogP contribution in [0.2, 0.25) is 0 Å². The molecule has 5 heteroatoms. The number of allylic oxidation sites excluding steroid dienone is 4. The van der Waals surface area contributed by atoms with Crippen LogP contribution in [0.25, 0.3) is 0 Å². The van der Waals surface area contributed by atoms with E-state index in [1.807, 2.05) is 51.1 Å². The van der Waals surface area contributed by atoms with Crippen LogP contribution in [0.5, 0.6) is 17.2 Å². The molecule has 0 spiro atoms. The zero-order valence-electron chi connectivity index (χ0n) is 20.9. The Morgan fingerprint density at radius 2 is 1.56 bits per heavy atom. The van der Waals surface area contributed by atoms with E-state index in [1.54, 1.807) is 48.6 Å². The normalized spacial score (nSPS) is 12.3. The predicted octanol–water partition coefficient (Wildman–Crippen LogP) is 6.97. The van der Waals surface area contributed by atoms with Crippen LogP contribution in [0.4, 0.5) is 0 Å². The molecule has 0 aliphatic rings. The summed E-state index contributed by atoms with van der Waals surface area (Å²) in [4.78, 5) is 23.4. The van der Waals surface area contributed by atoms with Crippen molar-refractivity contribution < 1.29 is 24.2 Å². The van der Waals surface area contributed by atoms with Gasteiger partial charge in [0.15, 0.2) is 0 Å². The van der Waals surface area contributed by atoms with Gasteiger partial charge in [-0.15, -0.1) is 0 Å². The lowest BCUT2D eigenvalue weighted by Crippen LogP contribution is -2.09. The molecule has 1 N–H and O–H groups in total. The van der Waals surface area contributed by atoms with Crippen LogP contribution >= 0.6 is 0 Å². The summed E-state index contributed by atoms with van der Waals surface area (Å²) >= 11 is 0. The van der Waals surface area contributed by atoms with Crippen molar-refractivity contribution in [2.24, 2.45) is 0 Å². The average molecular weight is 483 g/mol. The summed E-state index contributed by atoms with van der Waals surface area (Å²) in [6.07, 6.45) is 5.63. The Morgan fingerprint density at radius 3 is 2.14 bits per heavy atom. The zero-order chi connectivity index (χ0) is 26.2. The van der Waals surface area contributed by atoms with E-state index in [-0.39, 0.29) is 11.7 Å². The van der Waals surface area contributed by atoms with Crippen molar-refractivity contribution in [2.75, 3.05) is 0 Å². The third-order valence-corrected chi connectivity index (χ3v) is 5.85. The molecule has 0 fully saturated rings. The number of hydrogen-bond acceptors (Lipinski definition) is 5. The summed E-state index contributed by atoms with van der Waals surface area (Å²) in [5, 5.41) is 9.79. The van der Waals surface area contributed by atoms with Crippen molar-refractivity contribution in [2.45, 2.75) is 33.6 Å². The lowest BCUT2D eigenvalue weighted by atomic mass is 9.91. The van der Waals surface area contributed by atoms with Gasteiger partial charge in [-0.25, -0.2) is 4.79 Å². The third-order valence-electron chi connectivity index (χ3n) is 5.85. The van der Waals surface area contributed by atoms with Gasteiger partial charge in [0.05, 0.1) is 5.56 Å². The number of ether oxygens (including phenoxy) is 2. The fourth-order valence-corrected chi connectivity index (χ4v) is 3.57. The highest BCUT2D eigenvalue weighted by Crippen LogP contribution is 2.31. The minimum atomic E-state index is -0.465. The van der Waals surface area contributed by atoms with Gasteiger partial charge in [0.2, 0.25) is 0 Å². The maximum atomic E-state index is 12.7. The van der Waals surface area contributed by atoms with Gasteiger partial charge < -0.3 is 14.6 Å². The molecule has 0 saturated carbocycles. The summed E-state index contributed by atoms with van der Waals surface area (Å²) in [6.45, 7) is 11.3. The van der Waals surface area contributed by atoms with Crippen molar-refractivity contribution in [1.82, 2.24) is 0 Å². The monoisotopic (exact) mass is 482 g/mol. The van der Waals surface area contributed by atoms with Crippen molar-refractivity contribution in [3.05, 3.63) is 125 Å². The first-order valence-corrected chi connectivity index (χ1v) is 11.6. The molecule has 3 rings (SSSR count). The number of carbonyl (C=O) groups excluding carboxylic acids is 2. The van der Waals surface area contributed by atoms with Gasteiger partial charge in [0.25, 0.3) is 0 Å². The topological polar surface area (TPSA) is 72.8 Å². The Bertz CT molecular complexity index is 1330. The molecule has 5 nitrogen and oxygen atoms in total. The van der Waals surface area contributed by atoms with Crippen molar-refractivity contribution in [3.63, 3.8) is 0 Å². The van der Waals surface area contributed by atoms with Crippen LogP contribution in [0, 0.1) is 13.8 Å². The van der Waals surface area contributed by atoms with Gasteiger partial charge >= 0.3 is 5.97 Å². The second kappa shape index (κ2) is 11.8. The van der Waals surface area contributed by atoms with E-state index >= 15 is 0 Å². The Labute approximate surface area is 212 Å². The first kappa shape index (κ1) is 26.2. The Kier molecular flexibility index (Phi) is 8.63. The second-order valence-electron chi connectivity index (χ2n) is 8.53. The summed E-state index contributed by atoms with van der Waals surface area (Å²) in [7, 11) is 0. The van der Waals surface area contributed by atoms with E-state index in [9.17, 15) is 14.7 Å². The number of phenolic OH excluding ortho intramolecular Hbond substituents is 1. The number of aryl methyl sites for hydroxylation is 2.